The summed E-state index contributed by atoms with van der Waals surface area (Å²) in [6, 6.07) is 8.84. The van der Waals surface area contributed by atoms with E-state index < -0.39 is 32.4 Å². The molecule has 1 amide bonds. The largest absolute Gasteiger partial charge is 0.493 e. The first-order valence-electron chi connectivity index (χ1n) is 9.81. The lowest BCUT2D eigenvalue weighted by Crippen LogP contribution is -2.50. The number of piperazine rings is 1. The van der Waals surface area contributed by atoms with Crippen molar-refractivity contribution < 1.29 is 31.1 Å². The van der Waals surface area contributed by atoms with Gasteiger partial charge >= 0.3 is 0 Å². The summed E-state index contributed by atoms with van der Waals surface area (Å²) in [6.45, 7) is 2.43. The fourth-order valence-electron chi connectivity index (χ4n) is 3.31. The number of nitrogens with zero attached hydrogens (tertiary/aromatic N) is 2. The minimum absolute atomic E-state index is 0.0633. The average molecular weight is 456 g/mol. The molecule has 0 aromatic heterocycles. The molecular formula is C21H23F3N2O4S. The summed E-state index contributed by atoms with van der Waals surface area (Å²) in [6.07, 6.45) is 0.752. The number of aryl methyl sites for hydroxylation is 1. The number of ether oxygens (including phenoxy) is 1. The molecule has 1 saturated heterocycles. The Kier molecular flexibility index (Phi) is 7.22. The van der Waals surface area contributed by atoms with Crippen molar-refractivity contribution in [3.8, 4) is 5.75 Å². The highest BCUT2D eigenvalue weighted by Crippen LogP contribution is 2.24. The number of benzene rings is 2. The van der Waals surface area contributed by atoms with Gasteiger partial charge in [0.05, 0.1) is 6.61 Å². The molecule has 0 atom stereocenters. The van der Waals surface area contributed by atoms with Crippen molar-refractivity contribution in [3.63, 3.8) is 0 Å². The first kappa shape index (κ1) is 23.1. The van der Waals surface area contributed by atoms with Gasteiger partial charge in [0.1, 0.15) is 10.6 Å². The van der Waals surface area contributed by atoms with Crippen LogP contribution in [0.1, 0.15) is 18.4 Å². The maximum Gasteiger partial charge on any atom is 0.246 e. The number of sulfonamides is 1. The number of halogens is 3. The van der Waals surface area contributed by atoms with Gasteiger partial charge in [-0.1, -0.05) is 18.2 Å². The van der Waals surface area contributed by atoms with Gasteiger partial charge in [-0.25, -0.2) is 21.6 Å². The average Bonchev–Trinajstić information content (AvgIpc) is 2.76. The van der Waals surface area contributed by atoms with Crippen molar-refractivity contribution in [2.24, 2.45) is 0 Å². The predicted octanol–water partition coefficient (Wildman–Crippen LogP) is 3.10. The highest BCUT2D eigenvalue weighted by Gasteiger charge is 2.33. The minimum atomic E-state index is -4.34. The fraction of sp³-hybridized carbons (Fsp3) is 0.381. The van der Waals surface area contributed by atoms with Gasteiger partial charge in [0, 0.05) is 32.6 Å². The summed E-state index contributed by atoms with van der Waals surface area (Å²) in [4.78, 5) is 13.0. The molecular weight excluding hydrogens is 433 g/mol. The molecule has 3 rings (SSSR count). The second-order valence-corrected chi connectivity index (χ2v) is 9.08. The summed E-state index contributed by atoms with van der Waals surface area (Å²) in [7, 11) is -4.34. The minimum Gasteiger partial charge on any atom is -0.493 e. The van der Waals surface area contributed by atoms with Gasteiger partial charge in [0.25, 0.3) is 0 Å². The summed E-state index contributed by atoms with van der Waals surface area (Å²) in [5, 5.41) is 0. The van der Waals surface area contributed by atoms with E-state index in [1.54, 1.807) is 0 Å². The van der Waals surface area contributed by atoms with Crippen molar-refractivity contribution in [2.75, 3.05) is 32.8 Å². The Hall–Kier alpha value is -2.59. The molecule has 0 unspecified atom stereocenters. The molecule has 2 aromatic carbocycles. The first-order valence-corrected chi connectivity index (χ1v) is 11.3. The smallest absolute Gasteiger partial charge is 0.246 e. The SMILES string of the molecule is Cc1ccccc1OCCCC(=O)N1CCN(S(=O)(=O)c2ccc(F)c(F)c2F)CC1. The zero-order valence-corrected chi connectivity index (χ0v) is 17.8. The van der Waals surface area contributed by atoms with Crippen LogP contribution >= 0.6 is 0 Å². The third-order valence-electron chi connectivity index (χ3n) is 5.10. The van der Waals surface area contributed by atoms with Crippen LogP contribution < -0.4 is 4.74 Å². The number of carbonyl (C=O) groups excluding carboxylic acids is 1. The normalized spacial score (nSPS) is 15.2. The van der Waals surface area contributed by atoms with Crippen molar-refractivity contribution in [1.82, 2.24) is 9.21 Å². The van der Waals surface area contributed by atoms with E-state index in [1.165, 1.54) is 4.90 Å². The maximum absolute atomic E-state index is 13.9. The Morgan fingerprint density at radius 3 is 2.35 bits per heavy atom. The Bertz CT molecular complexity index is 1050. The lowest BCUT2D eigenvalue weighted by atomic mass is 10.2. The molecule has 1 aliphatic heterocycles. The molecule has 1 fully saturated rings. The number of carbonyl (C=O) groups is 1. The van der Waals surface area contributed by atoms with E-state index in [4.69, 9.17) is 4.74 Å². The van der Waals surface area contributed by atoms with E-state index >= 15 is 0 Å². The number of para-hydroxylation sites is 1. The number of hydrogen-bond donors (Lipinski definition) is 0. The van der Waals surface area contributed by atoms with Crippen LogP contribution in [0.25, 0.3) is 0 Å². The quantitative estimate of drug-likeness (QED) is 0.474. The molecule has 0 N–H and O–H groups in total. The monoisotopic (exact) mass is 456 g/mol. The van der Waals surface area contributed by atoms with Crippen LogP contribution in [0, 0.1) is 24.4 Å². The zero-order chi connectivity index (χ0) is 22.6. The van der Waals surface area contributed by atoms with Crippen molar-refractivity contribution in [2.45, 2.75) is 24.7 Å². The van der Waals surface area contributed by atoms with Crippen LogP contribution in [-0.2, 0) is 14.8 Å². The zero-order valence-electron chi connectivity index (χ0n) is 17.0. The van der Waals surface area contributed by atoms with Crippen molar-refractivity contribution >= 4 is 15.9 Å². The molecule has 168 valence electrons. The molecule has 0 saturated carbocycles. The Morgan fingerprint density at radius 2 is 1.68 bits per heavy atom. The summed E-state index contributed by atoms with van der Waals surface area (Å²) >= 11 is 0. The number of amides is 1. The standard InChI is InChI=1S/C21H23F3N2O4S/c1-15-5-2-3-6-17(15)30-14-4-7-19(27)25-10-12-26(13-11-25)31(28,29)18-9-8-16(22)20(23)21(18)24/h2-3,5-6,8-9H,4,7,10-14H2,1H3. The second kappa shape index (κ2) is 9.69. The predicted molar refractivity (Wildman–Crippen MR) is 108 cm³/mol. The highest BCUT2D eigenvalue weighted by atomic mass is 32.2. The van der Waals surface area contributed by atoms with Crippen LogP contribution in [0.15, 0.2) is 41.3 Å². The molecule has 6 nitrogen and oxygen atoms in total. The van der Waals surface area contributed by atoms with Crippen LogP contribution in [0.4, 0.5) is 13.2 Å². The molecule has 0 spiro atoms. The van der Waals surface area contributed by atoms with Crippen LogP contribution in [0.5, 0.6) is 5.75 Å². The lowest BCUT2D eigenvalue weighted by molar-refractivity contribution is -0.132. The molecule has 31 heavy (non-hydrogen) atoms. The van der Waals surface area contributed by atoms with Gasteiger partial charge < -0.3 is 9.64 Å². The molecule has 1 heterocycles. The molecule has 1 aliphatic rings. The first-order chi connectivity index (χ1) is 14.7. The highest BCUT2D eigenvalue weighted by molar-refractivity contribution is 7.89. The maximum atomic E-state index is 13.9. The van der Waals surface area contributed by atoms with E-state index in [2.05, 4.69) is 0 Å². The molecule has 0 aliphatic carbocycles. The number of hydrogen-bond acceptors (Lipinski definition) is 4. The van der Waals surface area contributed by atoms with E-state index in [0.29, 0.717) is 25.2 Å². The van der Waals surface area contributed by atoms with Gasteiger partial charge in [-0.3, -0.25) is 4.79 Å². The van der Waals surface area contributed by atoms with Gasteiger partial charge in [-0.05, 0) is 37.1 Å². The van der Waals surface area contributed by atoms with E-state index in [-0.39, 0.29) is 38.5 Å². The third-order valence-corrected chi connectivity index (χ3v) is 7.01. The van der Waals surface area contributed by atoms with Gasteiger partial charge in [0.15, 0.2) is 17.5 Å². The molecule has 0 radical (unpaired) electrons. The van der Waals surface area contributed by atoms with E-state index in [9.17, 15) is 26.4 Å². The number of rotatable bonds is 7. The van der Waals surface area contributed by atoms with Gasteiger partial charge in [0.2, 0.25) is 15.9 Å². The second-order valence-electron chi connectivity index (χ2n) is 7.18. The summed E-state index contributed by atoms with van der Waals surface area (Å²) < 4.78 is 72.3. The molecule has 2 aromatic rings. The van der Waals surface area contributed by atoms with Crippen LogP contribution in [-0.4, -0.2) is 56.3 Å². The molecule has 10 heteroatoms. The summed E-state index contributed by atoms with van der Waals surface area (Å²) in [5.41, 5.74) is 1.00. The lowest BCUT2D eigenvalue weighted by Gasteiger charge is -2.34. The fourth-order valence-corrected chi connectivity index (χ4v) is 4.78. The Morgan fingerprint density at radius 1 is 1.00 bits per heavy atom. The topological polar surface area (TPSA) is 66.9 Å². The van der Waals surface area contributed by atoms with Gasteiger partial charge in [-0.15, -0.1) is 0 Å². The Balaban J connectivity index is 1.50. The van der Waals surface area contributed by atoms with E-state index in [1.807, 2.05) is 31.2 Å². The van der Waals surface area contributed by atoms with Gasteiger partial charge in [-0.2, -0.15) is 4.31 Å². The van der Waals surface area contributed by atoms with Crippen LogP contribution in [0.3, 0.4) is 0 Å². The Labute approximate surface area is 179 Å². The van der Waals surface area contributed by atoms with Crippen molar-refractivity contribution in [3.05, 3.63) is 59.4 Å². The molecule has 0 bridgehead atoms. The van der Waals surface area contributed by atoms with Crippen LogP contribution in [0.2, 0.25) is 0 Å². The van der Waals surface area contributed by atoms with E-state index in [0.717, 1.165) is 15.6 Å². The summed E-state index contributed by atoms with van der Waals surface area (Å²) in [5.74, 6) is -4.41. The third kappa shape index (κ3) is 5.19. The van der Waals surface area contributed by atoms with Crippen molar-refractivity contribution in [1.29, 1.82) is 0 Å².